The van der Waals surface area contributed by atoms with Gasteiger partial charge < -0.3 is 4.98 Å². The van der Waals surface area contributed by atoms with Crippen LogP contribution in [0.25, 0.3) is 56.0 Å². The number of H-pyrrole nitrogens is 2. The fourth-order valence-electron chi connectivity index (χ4n) is 3.33. The van der Waals surface area contributed by atoms with Gasteiger partial charge in [0.25, 0.3) is 0 Å². The van der Waals surface area contributed by atoms with Crippen LogP contribution in [0.5, 0.6) is 0 Å². The molecule has 0 aromatic carbocycles. The Hall–Kier alpha value is -3.98. The lowest BCUT2D eigenvalue weighted by molar-refractivity contribution is 1.10. The number of thiophene rings is 1. The summed E-state index contributed by atoms with van der Waals surface area (Å²) in [6, 6.07) is 5.93. The van der Waals surface area contributed by atoms with E-state index in [-0.39, 0.29) is 0 Å². The van der Waals surface area contributed by atoms with Gasteiger partial charge in [-0.25, -0.2) is 19.9 Å². The summed E-state index contributed by atoms with van der Waals surface area (Å²) in [6.45, 7) is 0. The molecule has 0 aliphatic carbocycles. The van der Waals surface area contributed by atoms with Crippen molar-refractivity contribution in [3.63, 3.8) is 0 Å². The zero-order chi connectivity index (χ0) is 19.2. The van der Waals surface area contributed by atoms with Crippen molar-refractivity contribution < 1.29 is 0 Å². The molecule has 0 atom stereocenters. The van der Waals surface area contributed by atoms with Gasteiger partial charge >= 0.3 is 0 Å². The minimum atomic E-state index is 0.643. The number of hydrogen-bond donors (Lipinski definition) is 2. The largest absolute Gasteiger partial charge is 0.335 e. The molecule has 0 saturated heterocycles. The number of aromatic amines is 2. The molecule has 0 unspecified atom stereocenters. The number of nitrogens with zero attached hydrogens (tertiary/aromatic N) is 6. The molecule has 6 aromatic heterocycles. The summed E-state index contributed by atoms with van der Waals surface area (Å²) in [5, 5.41) is 11.6. The van der Waals surface area contributed by atoms with Gasteiger partial charge in [-0.2, -0.15) is 16.4 Å². The quantitative estimate of drug-likeness (QED) is 0.466. The number of nitrogens with one attached hydrogen (secondary N) is 2. The first kappa shape index (κ1) is 16.0. The third kappa shape index (κ3) is 2.59. The maximum atomic E-state index is 4.83. The average molecular weight is 396 g/mol. The van der Waals surface area contributed by atoms with Gasteiger partial charge in [-0.05, 0) is 34.5 Å². The van der Waals surface area contributed by atoms with E-state index in [1.165, 1.54) is 6.33 Å². The Balaban J connectivity index is 1.53. The highest BCUT2D eigenvalue weighted by Crippen LogP contribution is 2.31. The SMILES string of the molecule is c1ncc(-c2ccc3[nH]nc(-c4nc5c(-c6ccsc6)cncc5[nH]4)c3n2)cn1. The van der Waals surface area contributed by atoms with E-state index < -0.39 is 0 Å². The van der Waals surface area contributed by atoms with Crippen LogP contribution in [0.3, 0.4) is 0 Å². The number of fused-ring (bicyclic) bond motifs is 2. The van der Waals surface area contributed by atoms with Crippen molar-refractivity contribution in [3.8, 4) is 33.9 Å². The van der Waals surface area contributed by atoms with Gasteiger partial charge in [-0.3, -0.25) is 10.1 Å². The predicted octanol–water partition coefficient (Wildman–Crippen LogP) is 4.08. The molecular formula is C20H12N8S. The van der Waals surface area contributed by atoms with Gasteiger partial charge in [0.15, 0.2) is 11.5 Å². The molecule has 6 heterocycles. The summed E-state index contributed by atoms with van der Waals surface area (Å²) in [5.41, 5.74) is 7.64. The van der Waals surface area contributed by atoms with Gasteiger partial charge in [0, 0.05) is 29.7 Å². The van der Waals surface area contributed by atoms with Crippen LogP contribution in [0.15, 0.2) is 60.1 Å². The normalized spacial score (nSPS) is 11.4. The van der Waals surface area contributed by atoms with Crippen LogP contribution >= 0.6 is 11.3 Å². The summed E-state index contributed by atoms with van der Waals surface area (Å²) in [7, 11) is 0. The van der Waals surface area contributed by atoms with Crippen molar-refractivity contribution >= 4 is 33.4 Å². The molecule has 0 amide bonds. The van der Waals surface area contributed by atoms with Crippen LogP contribution in [0.4, 0.5) is 0 Å². The molecule has 138 valence electrons. The molecule has 0 aliphatic heterocycles. The maximum Gasteiger partial charge on any atom is 0.161 e. The Labute approximate surface area is 167 Å². The van der Waals surface area contributed by atoms with Gasteiger partial charge in [-0.1, -0.05) is 0 Å². The molecule has 9 heteroatoms. The van der Waals surface area contributed by atoms with Gasteiger partial charge in [0.2, 0.25) is 0 Å². The topological polar surface area (TPSA) is 109 Å². The van der Waals surface area contributed by atoms with E-state index >= 15 is 0 Å². The lowest BCUT2D eigenvalue weighted by Crippen LogP contribution is -1.88. The lowest BCUT2D eigenvalue weighted by atomic mass is 10.1. The zero-order valence-corrected chi connectivity index (χ0v) is 15.7. The summed E-state index contributed by atoms with van der Waals surface area (Å²) in [5.74, 6) is 0.643. The van der Waals surface area contributed by atoms with E-state index in [9.17, 15) is 0 Å². The van der Waals surface area contributed by atoms with E-state index in [2.05, 4.69) is 41.6 Å². The molecular weight excluding hydrogens is 384 g/mol. The number of pyridine rings is 2. The van der Waals surface area contributed by atoms with Gasteiger partial charge in [0.1, 0.15) is 17.4 Å². The second-order valence-corrected chi connectivity index (χ2v) is 7.25. The molecule has 2 N–H and O–H groups in total. The minimum absolute atomic E-state index is 0.643. The molecule has 0 aliphatic rings. The number of aromatic nitrogens is 8. The van der Waals surface area contributed by atoms with Crippen LogP contribution in [0.2, 0.25) is 0 Å². The Morgan fingerprint density at radius 3 is 2.59 bits per heavy atom. The molecule has 0 bridgehead atoms. The number of rotatable bonds is 3. The molecule has 8 nitrogen and oxygen atoms in total. The van der Waals surface area contributed by atoms with Crippen LogP contribution in [0.1, 0.15) is 0 Å². The summed E-state index contributed by atoms with van der Waals surface area (Å²) in [4.78, 5) is 25.4. The van der Waals surface area contributed by atoms with Crippen molar-refractivity contribution in [3.05, 3.63) is 60.1 Å². The van der Waals surface area contributed by atoms with E-state index in [1.807, 2.05) is 23.7 Å². The smallest absolute Gasteiger partial charge is 0.161 e. The van der Waals surface area contributed by atoms with Crippen LogP contribution in [0, 0.1) is 0 Å². The van der Waals surface area contributed by atoms with E-state index in [1.54, 1.807) is 29.9 Å². The van der Waals surface area contributed by atoms with E-state index in [0.717, 1.165) is 44.5 Å². The standard InChI is InChI=1S/C20H12N8S/c1-2-15-18(24-14(1)12-5-22-10-23-6-12)19(28-27-15)20-25-16-8-21-7-13(17(16)26-20)11-3-4-29-9-11/h1-10H,(H,25,26)(H,27,28). The van der Waals surface area contributed by atoms with Crippen LogP contribution in [-0.4, -0.2) is 40.1 Å². The van der Waals surface area contributed by atoms with E-state index in [4.69, 9.17) is 9.97 Å². The number of imidazole rings is 1. The number of hydrogen-bond acceptors (Lipinski definition) is 7. The second-order valence-electron chi connectivity index (χ2n) is 6.47. The third-order valence-electron chi connectivity index (χ3n) is 4.71. The highest BCUT2D eigenvalue weighted by Gasteiger charge is 2.17. The third-order valence-corrected chi connectivity index (χ3v) is 5.40. The molecule has 0 radical (unpaired) electrons. The fraction of sp³-hybridized carbons (Fsp3) is 0. The molecule has 0 saturated carbocycles. The first-order valence-electron chi connectivity index (χ1n) is 8.84. The summed E-state index contributed by atoms with van der Waals surface area (Å²) < 4.78 is 0. The molecule has 0 spiro atoms. The molecule has 6 rings (SSSR count). The first-order chi connectivity index (χ1) is 14.4. The van der Waals surface area contributed by atoms with Crippen molar-refractivity contribution in [2.75, 3.05) is 0 Å². The Kier molecular flexibility index (Phi) is 3.47. The maximum absolute atomic E-state index is 4.83. The minimum Gasteiger partial charge on any atom is -0.335 e. The molecule has 0 fully saturated rings. The van der Waals surface area contributed by atoms with Crippen molar-refractivity contribution in [2.45, 2.75) is 0 Å². The van der Waals surface area contributed by atoms with Crippen molar-refractivity contribution in [1.29, 1.82) is 0 Å². The second kappa shape index (κ2) is 6.28. The fourth-order valence-corrected chi connectivity index (χ4v) is 3.99. The van der Waals surface area contributed by atoms with Crippen molar-refractivity contribution in [1.82, 2.24) is 40.1 Å². The average Bonchev–Trinajstić information content (AvgIpc) is 3.52. The van der Waals surface area contributed by atoms with Crippen LogP contribution < -0.4 is 0 Å². The van der Waals surface area contributed by atoms with Crippen molar-refractivity contribution in [2.24, 2.45) is 0 Å². The predicted molar refractivity (Wildman–Crippen MR) is 111 cm³/mol. The Morgan fingerprint density at radius 1 is 0.793 bits per heavy atom. The summed E-state index contributed by atoms with van der Waals surface area (Å²) >= 11 is 1.65. The molecule has 6 aromatic rings. The Bertz CT molecular complexity index is 1450. The monoisotopic (exact) mass is 396 g/mol. The zero-order valence-electron chi connectivity index (χ0n) is 14.9. The molecule has 29 heavy (non-hydrogen) atoms. The highest BCUT2D eigenvalue weighted by molar-refractivity contribution is 7.08. The van der Waals surface area contributed by atoms with E-state index in [0.29, 0.717) is 11.5 Å². The lowest BCUT2D eigenvalue weighted by Gasteiger charge is -2.00. The highest BCUT2D eigenvalue weighted by atomic mass is 32.1. The van der Waals surface area contributed by atoms with Gasteiger partial charge in [-0.15, -0.1) is 0 Å². The first-order valence-corrected chi connectivity index (χ1v) is 9.78. The summed E-state index contributed by atoms with van der Waals surface area (Å²) in [6.07, 6.45) is 8.58. The Morgan fingerprint density at radius 2 is 1.72 bits per heavy atom. The van der Waals surface area contributed by atoms with Gasteiger partial charge in [0.05, 0.1) is 22.9 Å². The van der Waals surface area contributed by atoms with Crippen LogP contribution in [-0.2, 0) is 0 Å².